The number of hydrogen-bond donors (Lipinski definition) is 2. The Morgan fingerprint density at radius 2 is 2.17 bits per heavy atom. The number of nitrogens with zero attached hydrogens (tertiary/aromatic N) is 1. The van der Waals surface area contributed by atoms with E-state index in [4.69, 9.17) is 4.74 Å². The second-order valence-electron chi connectivity index (χ2n) is 6.87. The molecule has 0 aromatic heterocycles. The van der Waals surface area contributed by atoms with Crippen molar-refractivity contribution in [2.45, 2.75) is 38.6 Å². The van der Waals surface area contributed by atoms with Crippen LogP contribution in [0.25, 0.3) is 0 Å². The van der Waals surface area contributed by atoms with Crippen LogP contribution in [0.3, 0.4) is 0 Å². The van der Waals surface area contributed by atoms with Crippen molar-refractivity contribution >= 4 is 17.4 Å². The number of nitro groups is 1. The van der Waals surface area contributed by atoms with Gasteiger partial charge in [0.15, 0.2) is 0 Å². The zero-order chi connectivity index (χ0) is 17.3. The van der Waals surface area contributed by atoms with Gasteiger partial charge in [0, 0.05) is 12.1 Å². The summed E-state index contributed by atoms with van der Waals surface area (Å²) < 4.78 is 5.14. The van der Waals surface area contributed by atoms with Gasteiger partial charge in [-0.2, -0.15) is 0 Å². The molecule has 3 rings (SSSR count). The van der Waals surface area contributed by atoms with Gasteiger partial charge in [0.25, 0.3) is 5.69 Å². The molecule has 0 unspecified atom stereocenters. The van der Waals surface area contributed by atoms with Crippen LogP contribution in [-0.2, 0) is 0 Å². The summed E-state index contributed by atoms with van der Waals surface area (Å²) in [5, 5.41) is 16.5. The molecule has 0 saturated heterocycles. The molecule has 0 heterocycles. The average molecular weight is 333 g/mol. The molecule has 24 heavy (non-hydrogen) atoms. The minimum absolute atomic E-state index is 0.0758. The molecule has 1 aromatic carbocycles. The number of nitro benzene ring substituents is 1. The fraction of sp³-hybridized carbons (Fsp3) is 0.588. The van der Waals surface area contributed by atoms with Crippen LogP contribution in [0.15, 0.2) is 18.2 Å². The summed E-state index contributed by atoms with van der Waals surface area (Å²) in [6, 6.07) is 3.94. The van der Waals surface area contributed by atoms with Crippen LogP contribution in [-0.4, -0.2) is 24.1 Å². The van der Waals surface area contributed by atoms with Crippen LogP contribution >= 0.6 is 0 Å². The molecule has 2 bridgehead atoms. The van der Waals surface area contributed by atoms with E-state index in [9.17, 15) is 14.9 Å². The largest absolute Gasteiger partial charge is 0.494 e. The van der Waals surface area contributed by atoms with Gasteiger partial charge in [-0.05, 0) is 50.0 Å². The first-order chi connectivity index (χ1) is 11.5. The van der Waals surface area contributed by atoms with Gasteiger partial charge in [-0.15, -0.1) is 0 Å². The monoisotopic (exact) mass is 333 g/mol. The lowest BCUT2D eigenvalue weighted by Gasteiger charge is -2.28. The van der Waals surface area contributed by atoms with Crippen molar-refractivity contribution in [1.82, 2.24) is 5.32 Å². The molecule has 7 nitrogen and oxygen atoms in total. The van der Waals surface area contributed by atoms with Crippen LogP contribution in [0, 0.1) is 27.9 Å². The topological polar surface area (TPSA) is 93.5 Å². The first kappa shape index (κ1) is 16.5. The second-order valence-corrected chi connectivity index (χ2v) is 6.87. The number of carbonyl (C=O) groups excluding carboxylic acids is 1. The predicted molar refractivity (Wildman–Crippen MR) is 90.2 cm³/mol. The third-order valence-corrected chi connectivity index (χ3v) is 5.44. The van der Waals surface area contributed by atoms with E-state index < -0.39 is 4.92 Å². The van der Waals surface area contributed by atoms with Gasteiger partial charge in [0.05, 0.1) is 23.8 Å². The normalized spacial score (nSPS) is 26.0. The number of methoxy groups -OCH3 is 1. The second kappa shape index (κ2) is 6.67. The molecular formula is C17H23N3O4. The smallest absolute Gasteiger partial charge is 0.319 e. The Morgan fingerprint density at radius 1 is 1.38 bits per heavy atom. The summed E-state index contributed by atoms with van der Waals surface area (Å²) in [6.07, 6.45) is 5.11. The third-order valence-electron chi connectivity index (χ3n) is 5.44. The minimum Gasteiger partial charge on any atom is -0.494 e. The number of rotatable bonds is 5. The molecule has 7 heteroatoms. The molecule has 0 radical (unpaired) electrons. The first-order valence-corrected chi connectivity index (χ1v) is 8.38. The van der Waals surface area contributed by atoms with E-state index in [2.05, 4.69) is 17.6 Å². The van der Waals surface area contributed by atoms with Crippen molar-refractivity contribution in [3.05, 3.63) is 28.3 Å². The molecule has 4 atom stereocenters. The number of benzene rings is 1. The summed E-state index contributed by atoms with van der Waals surface area (Å²) >= 11 is 0. The van der Waals surface area contributed by atoms with E-state index in [1.165, 1.54) is 51.0 Å². The number of non-ortho nitro benzene ring substituents is 1. The highest BCUT2D eigenvalue weighted by Gasteiger charge is 2.42. The first-order valence-electron chi connectivity index (χ1n) is 8.38. The van der Waals surface area contributed by atoms with Crippen molar-refractivity contribution in [3.8, 4) is 5.75 Å². The fourth-order valence-electron chi connectivity index (χ4n) is 4.28. The minimum atomic E-state index is -0.496. The Hall–Kier alpha value is -2.31. The van der Waals surface area contributed by atoms with E-state index in [1.54, 1.807) is 0 Å². The molecular weight excluding hydrogens is 310 g/mol. The molecule has 2 aliphatic rings. The number of fused-ring (bicyclic) bond motifs is 2. The zero-order valence-electron chi connectivity index (χ0n) is 14.0. The van der Waals surface area contributed by atoms with Gasteiger partial charge < -0.3 is 15.4 Å². The van der Waals surface area contributed by atoms with Gasteiger partial charge in [0.1, 0.15) is 5.75 Å². The number of urea groups is 1. The van der Waals surface area contributed by atoms with Crippen molar-refractivity contribution in [3.63, 3.8) is 0 Å². The highest BCUT2D eigenvalue weighted by atomic mass is 16.6. The molecule has 130 valence electrons. The van der Waals surface area contributed by atoms with E-state index in [1.807, 2.05) is 0 Å². The summed E-state index contributed by atoms with van der Waals surface area (Å²) in [7, 11) is 1.42. The van der Waals surface area contributed by atoms with E-state index in [-0.39, 0.29) is 23.5 Å². The standard InChI is InChI=1S/C17H23N3O4/c1-10(14-8-11-3-4-12(14)7-11)18-17(21)19-15-6-5-13(20(22)23)9-16(15)24-2/h5-6,9-12,14H,3-4,7-8H2,1-2H3,(H2,18,19,21)/t10-,11-,12-,14+/m1/s1. The highest BCUT2D eigenvalue weighted by molar-refractivity contribution is 5.91. The SMILES string of the molecule is COc1cc([N+](=O)[O-])ccc1NC(=O)N[C@H](C)[C@@H]1C[C@@H]2CC[C@@H]1C2. The van der Waals surface area contributed by atoms with Crippen molar-refractivity contribution in [2.24, 2.45) is 17.8 Å². The molecule has 2 N–H and O–H groups in total. The molecule has 0 spiro atoms. The van der Waals surface area contributed by atoms with Crippen LogP contribution in [0.5, 0.6) is 5.75 Å². The summed E-state index contributed by atoms with van der Waals surface area (Å²) in [5.41, 5.74) is 0.342. The molecule has 2 amide bonds. The maximum absolute atomic E-state index is 12.3. The molecule has 2 saturated carbocycles. The van der Waals surface area contributed by atoms with Crippen molar-refractivity contribution in [1.29, 1.82) is 0 Å². The maximum atomic E-state index is 12.3. The fourth-order valence-corrected chi connectivity index (χ4v) is 4.28. The van der Waals surface area contributed by atoms with Gasteiger partial charge in [0.2, 0.25) is 0 Å². The lowest BCUT2D eigenvalue weighted by Crippen LogP contribution is -2.42. The average Bonchev–Trinajstić information content (AvgIpc) is 3.17. The van der Waals surface area contributed by atoms with Crippen LogP contribution in [0.1, 0.15) is 32.6 Å². The quantitative estimate of drug-likeness (QED) is 0.636. The van der Waals surface area contributed by atoms with Crippen molar-refractivity contribution in [2.75, 3.05) is 12.4 Å². The summed E-state index contributed by atoms with van der Waals surface area (Å²) in [6.45, 7) is 2.05. The predicted octanol–water partition coefficient (Wildman–Crippen LogP) is 3.55. The molecule has 1 aromatic rings. The van der Waals surface area contributed by atoms with Crippen LogP contribution in [0.4, 0.5) is 16.2 Å². The zero-order valence-corrected chi connectivity index (χ0v) is 14.0. The number of anilines is 1. The molecule has 2 aliphatic carbocycles. The van der Waals surface area contributed by atoms with Gasteiger partial charge in [-0.25, -0.2) is 4.79 Å². The molecule has 2 fully saturated rings. The Kier molecular flexibility index (Phi) is 4.59. The summed E-state index contributed by atoms with van der Waals surface area (Å²) in [5.74, 6) is 2.39. The maximum Gasteiger partial charge on any atom is 0.319 e. The van der Waals surface area contributed by atoms with E-state index in [0.29, 0.717) is 11.6 Å². The Balaban J connectivity index is 1.61. The lowest BCUT2D eigenvalue weighted by atomic mass is 9.84. The Morgan fingerprint density at radius 3 is 2.75 bits per heavy atom. The number of carbonyl (C=O) groups is 1. The van der Waals surface area contributed by atoms with Crippen LogP contribution < -0.4 is 15.4 Å². The lowest BCUT2D eigenvalue weighted by molar-refractivity contribution is -0.384. The van der Waals surface area contributed by atoms with Crippen LogP contribution in [0.2, 0.25) is 0 Å². The molecule has 0 aliphatic heterocycles. The van der Waals surface area contributed by atoms with E-state index in [0.717, 1.165) is 11.8 Å². The Labute approximate surface area is 140 Å². The van der Waals surface area contributed by atoms with Crippen molar-refractivity contribution < 1.29 is 14.5 Å². The number of amides is 2. The highest BCUT2D eigenvalue weighted by Crippen LogP contribution is 2.49. The third kappa shape index (κ3) is 3.29. The Bertz CT molecular complexity index is 649. The van der Waals surface area contributed by atoms with Gasteiger partial charge in [-0.3, -0.25) is 10.1 Å². The number of hydrogen-bond acceptors (Lipinski definition) is 4. The van der Waals surface area contributed by atoms with Gasteiger partial charge in [-0.1, -0.05) is 6.42 Å². The van der Waals surface area contributed by atoms with Gasteiger partial charge >= 0.3 is 6.03 Å². The number of ether oxygens (including phenoxy) is 1. The van der Waals surface area contributed by atoms with E-state index >= 15 is 0 Å². The summed E-state index contributed by atoms with van der Waals surface area (Å²) in [4.78, 5) is 22.6. The number of nitrogens with one attached hydrogen (secondary N) is 2.